The second-order valence-corrected chi connectivity index (χ2v) is 11.6. The second kappa shape index (κ2) is 9.79. The van der Waals surface area contributed by atoms with Gasteiger partial charge in [0, 0.05) is 35.4 Å². The first-order chi connectivity index (χ1) is 17.9. The number of carbonyl (C=O) groups is 3. The second-order valence-electron chi connectivity index (χ2n) is 11.2. The van der Waals surface area contributed by atoms with E-state index in [0.717, 1.165) is 62.6 Å². The Labute approximate surface area is 222 Å². The summed E-state index contributed by atoms with van der Waals surface area (Å²) in [5.74, 6) is -0.808. The fourth-order valence-corrected chi connectivity index (χ4v) is 7.23. The van der Waals surface area contributed by atoms with Crippen molar-refractivity contribution in [1.82, 2.24) is 4.90 Å². The van der Waals surface area contributed by atoms with E-state index in [-0.39, 0.29) is 54.6 Å². The Morgan fingerprint density at radius 3 is 2.51 bits per heavy atom. The Kier molecular flexibility index (Phi) is 6.47. The molecule has 2 fully saturated rings. The van der Waals surface area contributed by atoms with E-state index >= 15 is 0 Å². The van der Waals surface area contributed by atoms with Crippen LogP contribution in [-0.2, 0) is 27.2 Å². The van der Waals surface area contributed by atoms with Gasteiger partial charge in [0.05, 0.1) is 18.2 Å². The minimum absolute atomic E-state index is 0.00672. The van der Waals surface area contributed by atoms with Crippen LogP contribution in [0.3, 0.4) is 0 Å². The standard InChI is InChI=1S/C30H33ClN2O4/c31-21-10-13-24-26(17-21)33(30(37)20-9-8-18-4-1-2-5-19(18)16-20)25-7-3-6-23(25)29(24)32(22-11-12-22)27(34)14-15-28(35)36/h1-2,4-5,10,13,17,20,22-23,25,29H,3,6-9,11-12,14-16H2,(H,35,36)/t20?,23-,25+,29+/m0/s1. The summed E-state index contributed by atoms with van der Waals surface area (Å²) in [5.41, 5.74) is 4.42. The minimum Gasteiger partial charge on any atom is -0.481 e. The molecule has 6 rings (SSSR count). The van der Waals surface area contributed by atoms with Crippen molar-refractivity contribution in [2.45, 2.75) is 82.3 Å². The van der Waals surface area contributed by atoms with Crippen LogP contribution in [0.25, 0.3) is 0 Å². The number of amides is 2. The molecule has 0 saturated heterocycles. The van der Waals surface area contributed by atoms with Crippen LogP contribution in [0.1, 0.15) is 74.1 Å². The first kappa shape index (κ1) is 24.5. The number of nitrogens with zero attached hydrogens (tertiary/aromatic N) is 2. The van der Waals surface area contributed by atoms with Gasteiger partial charge in [-0.15, -0.1) is 0 Å². The zero-order chi connectivity index (χ0) is 25.7. The number of carboxylic acid groups (broad SMARTS) is 1. The van der Waals surface area contributed by atoms with E-state index in [1.807, 2.05) is 34.1 Å². The number of carboxylic acids is 1. The Morgan fingerprint density at radius 1 is 0.973 bits per heavy atom. The molecule has 1 aliphatic heterocycles. The lowest BCUT2D eigenvalue weighted by Crippen LogP contribution is -2.54. The molecule has 0 spiro atoms. The number of anilines is 1. The third kappa shape index (κ3) is 4.54. The van der Waals surface area contributed by atoms with E-state index in [1.165, 1.54) is 11.1 Å². The molecule has 0 bridgehead atoms. The smallest absolute Gasteiger partial charge is 0.303 e. The first-order valence-electron chi connectivity index (χ1n) is 13.6. The fourth-order valence-electron chi connectivity index (χ4n) is 7.07. The van der Waals surface area contributed by atoms with Crippen molar-refractivity contribution in [3.63, 3.8) is 0 Å². The van der Waals surface area contributed by atoms with Crippen LogP contribution < -0.4 is 4.90 Å². The highest BCUT2D eigenvalue weighted by Gasteiger charge is 2.52. The number of hydrogen-bond donors (Lipinski definition) is 1. The maximum absolute atomic E-state index is 14.3. The van der Waals surface area contributed by atoms with Crippen molar-refractivity contribution in [1.29, 1.82) is 0 Å². The van der Waals surface area contributed by atoms with Gasteiger partial charge in [-0.1, -0.05) is 48.4 Å². The lowest BCUT2D eigenvalue weighted by atomic mass is 9.78. The van der Waals surface area contributed by atoms with Crippen molar-refractivity contribution in [3.05, 3.63) is 64.2 Å². The minimum atomic E-state index is -0.954. The third-order valence-electron chi connectivity index (χ3n) is 8.85. The number of rotatable bonds is 6. The quantitative estimate of drug-likeness (QED) is 0.541. The predicted molar refractivity (Wildman–Crippen MR) is 142 cm³/mol. The Balaban J connectivity index is 1.37. The lowest BCUT2D eigenvalue weighted by molar-refractivity contribution is -0.143. The van der Waals surface area contributed by atoms with Crippen LogP contribution >= 0.6 is 11.6 Å². The molecular formula is C30H33ClN2O4. The summed E-state index contributed by atoms with van der Waals surface area (Å²) in [6.07, 6.45) is 7.10. The summed E-state index contributed by atoms with van der Waals surface area (Å²) in [5, 5.41) is 9.78. The first-order valence-corrected chi connectivity index (χ1v) is 14.0. The van der Waals surface area contributed by atoms with Gasteiger partial charge in [0.2, 0.25) is 11.8 Å². The van der Waals surface area contributed by atoms with Crippen LogP contribution in [-0.4, -0.2) is 39.9 Å². The average Bonchev–Trinajstić information content (AvgIpc) is 3.62. The molecule has 3 aliphatic carbocycles. The van der Waals surface area contributed by atoms with Crippen molar-refractivity contribution in [2.24, 2.45) is 11.8 Å². The summed E-state index contributed by atoms with van der Waals surface area (Å²) >= 11 is 6.51. The summed E-state index contributed by atoms with van der Waals surface area (Å²) in [4.78, 5) is 42.9. The number of benzene rings is 2. The molecule has 37 heavy (non-hydrogen) atoms. The molecule has 2 aromatic rings. The molecule has 1 unspecified atom stereocenters. The third-order valence-corrected chi connectivity index (χ3v) is 9.09. The SMILES string of the molecule is O=C(O)CCC(=O)N(C1CC1)[C@H]1c2ccc(Cl)cc2N(C(=O)C2CCc3ccccc3C2)[C@@H]2CCC[C@@H]21. The molecule has 6 nitrogen and oxygen atoms in total. The Bertz CT molecular complexity index is 1240. The van der Waals surface area contributed by atoms with Crippen molar-refractivity contribution in [3.8, 4) is 0 Å². The van der Waals surface area contributed by atoms with Gasteiger partial charge in [-0.25, -0.2) is 0 Å². The van der Waals surface area contributed by atoms with E-state index in [4.69, 9.17) is 11.6 Å². The summed E-state index contributed by atoms with van der Waals surface area (Å²) < 4.78 is 0. The molecule has 0 aromatic heterocycles. The van der Waals surface area contributed by atoms with Gasteiger partial charge in [-0.2, -0.15) is 0 Å². The fraction of sp³-hybridized carbons (Fsp3) is 0.500. The van der Waals surface area contributed by atoms with Crippen molar-refractivity contribution >= 4 is 35.1 Å². The summed E-state index contributed by atoms with van der Waals surface area (Å²) in [7, 11) is 0. The summed E-state index contributed by atoms with van der Waals surface area (Å²) in [6.45, 7) is 0. The van der Waals surface area contributed by atoms with Gasteiger partial charge in [0.15, 0.2) is 0 Å². The van der Waals surface area contributed by atoms with E-state index in [1.54, 1.807) is 0 Å². The number of hydrogen-bond acceptors (Lipinski definition) is 3. The van der Waals surface area contributed by atoms with Gasteiger partial charge in [-0.05, 0) is 73.8 Å². The monoisotopic (exact) mass is 520 g/mol. The highest BCUT2D eigenvalue weighted by Crippen LogP contribution is 2.53. The number of carbonyl (C=O) groups excluding carboxylic acids is 2. The highest BCUT2D eigenvalue weighted by molar-refractivity contribution is 6.31. The molecule has 194 valence electrons. The topological polar surface area (TPSA) is 77.9 Å². The van der Waals surface area contributed by atoms with Crippen LogP contribution in [0.5, 0.6) is 0 Å². The largest absolute Gasteiger partial charge is 0.481 e. The van der Waals surface area contributed by atoms with Crippen LogP contribution in [0.15, 0.2) is 42.5 Å². The molecule has 1 N–H and O–H groups in total. The van der Waals surface area contributed by atoms with Crippen LogP contribution in [0.4, 0.5) is 5.69 Å². The highest BCUT2D eigenvalue weighted by atomic mass is 35.5. The summed E-state index contributed by atoms with van der Waals surface area (Å²) in [6, 6.07) is 14.2. The zero-order valence-electron chi connectivity index (χ0n) is 20.9. The maximum atomic E-state index is 14.3. The van der Waals surface area contributed by atoms with Crippen LogP contribution in [0, 0.1) is 11.8 Å². The molecular weight excluding hydrogens is 488 g/mol. The van der Waals surface area contributed by atoms with Gasteiger partial charge in [0.25, 0.3) is 0 Å². The molecule has 2 amide bonds. The molecule has 2 aromatic carbocycles. The van der Waals surface area contributed by atoms with E-state index in [9.17, 15) is 19.5 Å². The van der Waals surface area contributed by atoms with E-state index < -0.39 is 5.97 Å². The molecule has 4 atom stereocenters. The Hall–Kier alpha value is -2.86. The van der Waals surface area contributed by atoms with E-state index in [2.05, 4.69) is 18.2 Å². The van der Waals surface area contributed by atoms with Gasteiger partial charge in [-0.3, -0.25) is 14.4 Å². The normalized spacial score (nSPS) is 26.1. The van der Waals surface area contributed by atoms with Crippen LogP contribution in [0.2, 0.25) is 5.02 Å². The number of fused-ring (bicyclic) bond motifs is 3. The number of halogens is 1. The zero-order valence-corrected chi connectivity index (χ0v) is 21.7. The number of aryl methyl sites for hydroxylation is 1. The predicted octanol–water partition coefficient (Wildman–Crippen LogP) is 5.56. The number of aliphatic carboxylic acids is 1. The molecule has 0 radical (unpaired) electrons. The lowest BCUT2D eigenvalue weighted by Gasteiger charge is -2.48. The van der Waals surface area contributed by atoms with Crippen molar-refractivity contribution < 1.29 is 19.5 Å². The molecule has 1 heterocycles. The maximum Gasteiger partial charge on any atom is 0.303 e. The van der Waals surface area contributed by atoms with Crippen molar-refractivity contribution in [2.75, 3.05) is 4.90 Å². The van der Waals surface area contributed by atoms with Gasteiger partial charge >= 0.3 is 5.97 Å². The average molecular weight is 521 g/mol. The van der Waals surface area contributed by atoms with Gasteiger partial charge in [0.1, 0.15) is 0 Å². The van der Waals surface area contributed by atoms with Gasteiger partial charge < -0.3 is 14.9 Å². The molecule has 7 heteroatoms. The molecule has 4 aliphatic rings. The Morgan fingerprint density at radius 2 is 1.76 bits per heavy atom. The molecule has 2 saturated carbocycles. The van der Waals surface area contributed by atoms with E-state index in [0.29, 0.717) is 5.02 Å².